The molecular weight excluding hydrogens is 410 g/mol. The van der Waals surface area contributed by atoms with Crippen molar-refractivity contribution < 1.29 is 9.84 Å². The third-order valence-electron chi connectivity index (χ3n) is 3.33. The number of aliphatic hydroxyl groups is 1. The van der Waals surface area contributed by atoms with Crippen molar-refractivity contribution in [1.29, 1.82) is 0 Å². The average Bonchev–Trinajstić information content (AvgIpc) is 2.88. The van der Waals surface area contributed by atoms with E-state index in [2.05, 4.69) is 22.6 Å². The molecule has 0 fully saturated rings. The van der Waals surface area contributed by atoms with Crippen molar-refractivity contribution in [3.8, 4) is 5.75 Å². The van der Waals surface area contributed by atoms with E-state index in [0.29, 0.717) is 22.2 Å². The molecule has 0 bridgehead atoms. The van der Waals surface area contributed by atoms with Crippen LogP contribution in [0.15, 0.2) is 30.3 Å². The van der Waals surface area contributed by atoms with Gasteiger partial charge >= 0.3 is 0 Å². The summed E-state index contributed by atoms with van der Waals surface area (Å²) in [6.45, 7) is 0.628. The lowest BCUT2D eigenvalue weighted by Crippen LogP contribution is -2.02. The Balaban J connectivity index is 2.06. The molecule has 0 aromatic heterocycles. The maximum atomic E-state index is 10.6. The van der Waals surface area contributed by atoms with Crippen LogP contribution >= 0.6 is 45.8 Å². The van der Waals surface area contributed by atoms with Gasteiger partial charge in [-0.2, -0.15) is 0 Å². The van der Waals surface area contributed by atoms with E-state index in [1.165, 1.54) is 0 Å². The molecule has 2 aromatic rings. The van der Waals surface area contributed by atoms with Crippen LogP contribution in [0.25, 0.3) is 0 Å². The lowest BCUT2D eigenvalue weighted by atomic mass is 9.98. The summed E-state index contributed by atoms with van der Waals surface area (Å²) in [5.41, 5.74) is 2.47. The van der Waals surface area contributed by atoms with E-state index >= 15 is 0 Å². The molecule has 1 aliphatic rings. The number of ether oxygens (including phenoxy) is 1. The maximum absolute atomic E-state index is 10.6. The minimum atomic E-state index is -0.796. The fourth-order valence-electron chi connectivity index (χ4n) is 2.36. The number of aliphatic hydroxyl groups excluding tert-OH is 1. The van der Waals surface area contributed by atoms with Gasteiger partial charge in [-0.05, 0) is 58.0 Å². The Hall–Kier alpha value is -0.490. The summed E-state index contributed by atoms with van der Waals surface area (Å²) in [5, 5.41) is 11.8. The lowest BCUT2D eigenvalue weighted by molar-refractivity contribution is 0.213. The van der Waals surface area contributed by atoms with E-state index in [4.69, 9.17) is 27.9 Å². The first-order valence-corrected chi connectivity index (χ1v) is 7.98. The number of rotatable bonds is 2. The molecule has 0 spiro atoms. The van der Waals surface area contributed by atoms with Crippen LogP contribution in [-0.4, -0.2) is 11.7 Å². The molecule has 1 atom stereocenters. The molecule has 0 radical (unpaired) electrons. The Morgan fingerprint density at radius 3 is 2.75 bits per heavy atom. The molecule has 1 aliphatic heterocycles. The SMILES string of the molecule is OC(c1ccc(I)c(Cl)c1)c1cc(Cl)cc2c1OCC2. The predicted octanol–water partition coefficient (Wildman–Crippen LogP) is 4.61. The second kappa shape index (κ2) is 5.72. The Bertz CT molecular complexity index is 673. The zero-order chi connectivity index (χ0) is 14.3. The van der Waals surface area contributed by atoms with Gasteiger partial charge < -0.3 is 9.84 Å². The van der Waals surface area contributed by atoms with E-state index in [1.807, 2.05) is 18.2 Å². The van der Waals surface area contributed by atoms with Crippen LogP contribution in [-0.2, 0) is 6.42 Å². The molecule has 0 aliphatic carbocycles. The van der Waals surface area contributed by atoms with Gasteiger partial charge in [0.25, 0.3) is 0 Å². The third kappa shape index (κ3) is 2.64. The van der Waals surface area contributed by atoms with Gasteiger partial charge in [-0.3, -0.25) is 0 Å². The van der Waals surface area contributed by atoms with E-state index in [-0.39, 0.29) is 0 Å². The zero-order valence-corrected chi connectivity index (χ0v) is 14.0. The molecule has 0 amide bonds. The first-order valence-electron chi connectivity index (χ1n) is 6.14. The molecule has 0 saturated heterocycles. The molecule has 20 heavy (non-hydrogen) atoms. The minimum Gasteiger partial charge on any atom is -0.493 e. The number of hydrogen-bond donors (Lipinski definition) is 1. The molecule has 1 N–H and O–H groups in total. The Morgan fingerprint density at radius 2 is 2.00 bits per heavy atom. The maximum Gasteiger partial charge on any atom is 0.128 e. The van der Waals surface area contributed by atoms with Gasteiger partial charge in [0.15, 0.2) is 0 Å². The molecule has 1 heterocycles. The van der Waals surface area contributed by atoms with Gasteiger partial charge in [0, 0.05) is 20.6 Å². The van der Waals surface area contributed by atoms with Crippen molar-refractivity contribution >= 4 is 45.8 Å². The second-order valence-corrected chi connectivity index (χ2v) is 6.66. The van der Waals surface area contributed by atoms with Gasteiger partial charge in [-0.1, -0.05) is 29.3 Å². The Kier molecular flexibility index (Phi) is 4.13. The van der Waals surface area contributed by atoms with E-state index in [0.717, 1.165) is 26.9 Å². The highest BCUT2D eigenvalue weighted by Gasteiger charge is 2.23. The molecule has 2 nitrogen and oxygen atoms in total. The van der Waals surface area contributed by atoms with Gasteiger partial charge in [0.2, 0.25) is 0 Å². The van der Waals surface area contributed by atoms with Gasteiger partial charge in [-0.25, -0.2) is 0 Å². The van der Waals surface area contributed by atoms with Crippen LogP contribution in [0.2, 0.25) is 10.0 Å². The molecule has 0 saturated carbocycles. The molecule has 2 aromatic carbocycles. The van der Waals surface area contributed by atoms with Crippen LogP contribution < -0.4 is 4.74 Å². The van der Waals surface area contributed by atoms with Crippen molar-refractivity contribution in [2.75, 3.05) is 6.61 Å². The van der Waals surface area contributed by atoms with Crippen molar-refractivity contribution in [3.63, 3.8) is 0 Å². The Morgan fingerprint density at radius 1 is 1.20 bits per heavy atom. The smallest absolute Gasteiger partial charge is 0.128 e. The number of fused-ring (bicyclic) bond motifs is 1. The van der Waals surface area contributed by atoms with E-state index in [1.54, 1.807) is 12.1 Å². The summed E-state index contributed by atoms with van der Waals surface area (Å²) in [6, 6.07) is 9.16. The van der Waals surface area contributed by atoms with Crippen molar-refractivity contribution in [2.45, 2.75) is 12.5 Å². The molecule has 5 heteroatoms. The Labute approximate surface area is 140 Å². The highest BCUT2D eigenvalue weighted by molar-refractivity contribution is 14.1. The average molecular weight is 421 g/mol. The van der Waals surface area contributed by atoms with E-state index in [9.17, 15) is 5.11 Å². The highest BCUT2D eigenvalue weighted by atomic mass is 127. The summed E-state index contributed by atoms with van der Waals surface area (Å²) < 4.78 is 6.58. The fraction of sp³-hybridized carbons (Fsp3) is 0.200. The predicted molar refractivity (Wildman–Crippen MR) is 88.9 cm³/mol. The van der Waals surface area contributed by atoms with Crippen LogP contribution in [0, 0.1) is 3.57 Å². The van der Waals surface area contributed by atoms with Crippen LogP contribution in [0.1, 0.15) is 22.8 Å². The molecular formula is C15H11Cl2IO2. The number of benzene rings is 2. The topological polar surface area (TPSA) is 29.5 Å². The van der Waals surface area contributed by atoms with Crippen molar-refractivity contribution in [3.05, 3.63) is 60.6 Å². The van der Waals surface area contributed by atoms with E-state index < -0.39 is 6.10 Å². The summed E-state index contributed by atoms with van der Waals surface area (Å²) in [6.07, 6.45) is 0.0262. The number of hydrogen-bond acceptors (Lipinski definition) is 2. The lowest BCUT2D eigenvalue weighted by Gasteiger charge is -2.16. The minimum absolute atomic E-state index is 0.611. The fourth-order valence-corrected chi connectivity index (χ4v) is 3.14. The normalized spacial score (nSPS) is 14.8. The quantitative estimate of drug-likeness (QED) is 0.718. The third-order valence-corrected chi connectivity index (χ3v) is 5.12. The highest BCUT2D eigenvalue weighted by Crippen LogP contribution is 2.39. The summed E-state index contributed by atoms with van der Waals surface area (Å²) >= 11 is 14.4. The van der Waals surface area contributed by atoms with Crippen molar-refractivity contribution in [1.82, 2.24) is 0 Å². The van der Waals surface area contributed by atoms with Crippen LogP contribution in [0.4, 0.5) is 0 Å². The van der Waals surface area contributed by atoms with Gasteiger partial charge in [-0.15, -0.1) is 0 Å². The van der Waals surface area contributed by atoms with Crippen LogP contribution in [0.5, 0.6) is 5.75 Å². The summed E-state index contributed by atoms with van der Waals surface area (Å²) in [7, 11) is 0. The molecule has 3 rings (SSSR count). The zero-order valence-electron chi connectivity index (χ0n) is 10.4. The first kappa shape index (κ1) is 14.4. The summed E-state index contributed by atoms with van der Waals surface area (Å²) in [4.78, 5) is 0. The number of halogens is 3. The standard InChI is InChI=1S/C15H11Cl2IO2/c16-10-5-9-3-4-20-15(9)11(7-10)14(19)8-1-2-13(18)12(17)6-8/h1-2,5-7,14,19H,3-4H2. The van der Waals surface area contributed by atoms with Gasteiger partial charge in [0.05, 0.1) is 11.6 Å². The molecule has 1 unspecified atom stereocenters. The monoisotopic (exact) mass is 420 g/mol. The van der Waals surface area contributed by atoms with Gasteiger partial charge in [0.1, 0.15) is 11.9 Å². The first-order chi connectivity index (χ1) is 9.56. The van der Waals surface area contributed by atoms with Crippen LogP contribution in [0.3, 0.4) is 0 Å². The van der Waals surface area contributed by atoms with Crippen molar-refractivity contribution in [2.24, 2.45) is 0 Å². The molecule has 104 valence electrons. The largest absolute Gasteiger partial charge is 0.493 e. The summed E-state index contributed by atoms with van der Waals surface area (Å²) in [5.74, 6) is 0.747. The second-order valence-electron chi connectivity index (χ2n) is 4.66.